The summed E-state index contributed by atoms with van der Waals surface area (Å²) in [5.74, 6) is 0.756. The Kier molecular flexibility index (Phi) is 4.78. The summed E-state index contributed by atoms with van der Waals surface area (Å²) in [5.41, 5.74) is 2.03. The third kappa shape index (κ3) is 3.55. The Morgan fingerprint density at radius 2 is 1.88 bits per heavy atom. The standard InChI is InChI=1S/C18H21NO4S/c1-3-19-12-15(23-18-7-5-4-6-17(18)19)13-22-24(20,21)16-10-8-14(2)9-11-16/h4-11,15H,3,12-13H2,1-2H3. The van der Waals surface area contributed by atoms with Crippen LogP contribution in [-0.2, 0) is 14.3 Å². The normalized spacial score (nSPS) is 17.2. The fourth-order valence-corrected chi connectivity index (χ4v) is 3.64. The van der Waals surface area contributed by atoms with Gasteiger partial charge in [-0.3, -0.25) is 4.18 Å². The van der Waals surface area contributed by atoms with Gasteiger partial charge >= 0.3 is 0 Å². The number of fused-ring (bicyclic) bond motifs is 1. The zero-order chi connectivity index (χ0) is 17.2. The first kappa shape index (κ1) is 16.8. The van der Waals surface area contributed by atoms with Gasteiger partial charge in [-0.25, -0.2) is 0 Å². The molecule has 1 aliphatic heterocycles. The van der Waals surface area contributed by atoms with E-state index in [1.807, 2.05) is 31.2 Å². The minimum Gasteiger partial charge on any atom is -0.484 e. The molecule has 0 radical (unpaired) electrons. The minimum atomic E-state index is -3.78. The molecule has 24 heavy (non-hydrogen) atoms. The van der Waals surface area contributed by atoms with Gasteiger partial charge in [-0.05, 0) is 38.1 Å². The molecular weight excluding hydrogens is 326 g/mol. The molecule has 0 fully saturated rings. The molecule has 2 aromatic rings. The molecule has 0 aliphatic carbocycles. The lowest BCUT2D eigenvalue weighted by Crippen LogP contribution is -2.42. The summed E-state index contributed by atoms with van der Waals surface area (Å²) in [5, 5.41) is 0. The highest BCUT2D eigenvalue weighted by Crippen LogP contribution is 2.33. The number of benzene rings is 2. The van der Waals surface area contributed by atoms with Crippen molar-refractivity contribution in [2.24, 2.45) is 0 Å². The number of hydrogen-bond donors (Lipinski definition) is 0. The first-order valence-corrected chi connectivity index (χ1v) is 9.37. The molecular formula is C18H21NO4S. The van der Waals surface area contributed by atoms with Gasteiger partial charge in [0.2, 0.25) is 0 Å². The van der Waals surface area contributed by atoms with Gasteiger partial charge in [-0.2, -0.15) is 8.42 Å². The molecule has 128 valence electrons. The van der Waals surface area contributed by atoms with E-state index in [-0.39, 0.29) is 17.6 Å². The molecule has 5 nitrogen and oxygen atoms in total. The molecule has 2 aromatic carbocycles. The molecule has 1 atom stereocenters. The Hall–Kier alpha value is -2.05. The lowest BCUT2D eigenvalue weighted by Gasteiger charge is -2.35. The van der Waals surface area contributed by atoms with Gasteiger partial charge in [0.15, 0.2) is 0 Å². The van der Waals surface area contributed by atoms with E-state index in [9.17, 15) is 8.42 Å². The number of para-hydroxylation sites is 2. The van der Waals surface area contributed by atoms with Gasteiger partial charge in [-0.1, -0.05) is 29.8 Å². The van der Waals surface area contributed by atoms with Crippen LogP contribution in [0.3, 0.4) is 0 Å². The lowest BCUT2D eigenvalue weighted by atomic mass is 10.2. The number of aryl methyl sites for hydroxylation is 1. The molecule has 0 N–H and O–H groups in total. The van der Waals surface area contributed by atoms with E-state index in [0.29, 0.717) is 6.54 Å². The Morgan fingerprint density at radius 1 is 1.17 bits per heavy atom. The fraction of sp³-hybridized carbons (Fsp3) is 0.333. The SMILES string of the molecule is CCN1CC(COS(=O)(=O)c2ccc(C)cc2)Oc2ccccc21. The van der Waals surface area contributed by atoms with Crippen LogP contribution in [0.1, 0.15) is 12.5 Å². The number of rotatable bonds is 5. The average molecular weight is 347 g/mol. The third-order valence-corrected chi connectivity index (χ3v) is 5.32. The summed E-state index contributed by atoms with van der Waals surface area (Å²) in [7, 11) is -3.78. The van der Waals surface area contributed by atoms with Crippen LogP contribution < -0.4 is 9.64 Å². The summed E-state index contributed by atoms with van der Waals surface area (Å²) >= 11 is 0. The maximum atomic E-state index is 12.3. The molecule has 0 saturated carbocycles. The van der Waals surface area contributed by atoms with Crippen molar-refractivity contribution in [2.45, 2.75) is 24.8 Å². The van der Waals surface area contributed by atoms with Crippen molar-refractivity contribution in [3.8, 4) is 5.75 Å². The van der Waals surface area contributed by atoms with Gasteiger partial charge in [0, 0.05) is 6.54 Å². The molecule has 0 aromatic heterocycles. The van der Waals surface area contributed by atoms with E-state index in [2.05, 4.69) is 11.8 Å². The summed E-state index contributed by atoms with van der Waals surface area (Å²) in [6.45, 7) is 5.37. The van der Waals surface area contributed by atoms with Crippen LogP contribution in [0.4, 0.5) is 5.69 Å². The van der Waals surface area contributed by atoms with Crippen LogP contribution in [0, 0.1) is 6.92 Å². The molecule has 0 amide bonds. The maximum Gasteiger partial charge on any atom is 0.297 e. The maximum absolute atomic E-state index is 12.3. The van der Waals surface area contributed by atoms with E-state index in [1.165, 1.54) is 0 Å². The summed E-state index contributed by atoms with van der Waals surface area (Å²) in [6, 6.07) is 14.4. The lowest BCUT2D eigenvalue weighted by molar-refractivity contribution is 0.128. The van der Waals surface area contributed by atoms with Crippen molar-refractivity contribution in [2.75, 3.05) is 24.6 Å². The second kappa shape index (κ2) is 6.83. The van der Waals surface area contributed by atoms with Crippen LogP contribution in [0.2, 0.25) is 0 Å². The van der Waals surface area contributed by atoms with Crippen molar-refractivity contribution >= 4 is 15.8 Å². The number of hydrogen-bond acceptors (Lipinski definition) is 5. The van der Waals surface area contributed by atoms with E-state index in [1.54, 1.807) is 24.3 Å². The number of anilines is 1. The van der Waals surface area contributed by atoms with Crippen LogP contribution in [0.25, 0.3) is 0 Å². The van der Waals surface area contributed by atoms with Crippen molar-refractivity contribution in [1.82, 2.24) is 0 Å². The average Bonchev–Trinajstić information content (AvgIpc) is 2.59. The molecule has 1 heterocycles. The molecule has 0 bridgehead atoms. The Labute approximate surface area is 142 Å². The molecule has 6 heteroatoms. The van der Waals surface area contributed by atoms with E-state index < -0.39 is 10.1 Å². The van der Waals surface area contributed by atoms with Gasteiger partial charge in [0.05, 0.1) is 17.1 Å². The van der Waals surface area contributed by atoms with Gasteiger partial charge in [-0.15, -0.1) is 0 Å². The van der Waals surface area contributed by atoms with E-state index in [4.69, 9.17) is 8.92 Å². The zero-order valence-corrected chi connectivity index (χ0v) is 14.6. The van der Waals surface area contributed by atoms with E-state index in [0.717, 1.165) is 23.5 Å². The van der Waals surface area contributed by atoms with Crippen LogP contribution in [-0.4, -0.2) is 34.2 Å². The highest BCUT2D eigenvalue weighted by molar-refractivity contribution is 7.86. The minimum absolute atomic E-state index is 0.0129. The van der Waals surface area contributed by atoms with Crippen molar-refractivity contribution in [1.29, 1.82) is 0 Å². The van der Waals surface area contributed by atoms with E-state index >= 15 is 0 Å². The largest absolute Gasteiger partial charge is 0.484 e. The number of nitrogens with zero attached hydrogens (tertiary/aromatic N) is 1. The molecule has 0 spiro atoms. The van der Waals surface area contributed by atoms with Crippen molar-refractivity contribution < 1.29 is 17.3 Å². The Bertz CT molecular complexity index is 802. The Morgan fingerprint density at radius 3 is 2.58 bits per heavy atom. The molecule has 1 aliphatic rings. The quantitative estimate of drug-likeness (QED) is 0.778. The van der Waals surface area contributed by atoms with Crippen molar-refractivity contribution in [3.05, 3.63) is 54.1 Å². The topological polar surface area (TPSA) is 55.8 Å². The van der Waals surface area contributed by atoms with Crippen LogP contribution in [0.15, 0.2) is 53.4 Å². The summed E-state index contributed by atoms with van der Waals surface area (Å²) in [4.78, 5) is 2.32. The highest BCUT2D eigenvalue weighted by atomic mass is 32.2. The molecule has 3 rings (SSSR count). The molecule has 1 unspecified atom stereocenters. The first-order chi connectivity index (χ1) is 11.5. The highest BCUT2D eigenvalue weighted by Gasteiger charge is 2.27. The van der Waals surface area contributed by atoms with Gasteiger partial charge in [0.1, 0.15) is 18.5 Å². The second-order valence-electron chi connectivity index (χ2n) is 5.80. The smallest absolute Gasteiger partial charge is 0.297 e. The zero-order valence-electron chi connectivity index (χ0n) is 13.8. The monoisotopic (exact) mass is 347 g/mol. The predicted octanol–water partition coefficient (Wildman–Crippen LogP) is 2.99. The van der Waals surface area contributed by atoms with Crippen molar-refractivity contribution in [3.63, 3.8) is 0 Å². The van der Waals surface area contributed by atoms with Gasteiger partial charge in [0.25, 0.3) is 10.1 Å². The summed E-state index contributed by atoms with van der Waals surface area (Å²) in [6.07, 6.45) is -0.333. The second-order valence-corrected chi connectivity index (χ2v) is 7.41. The summed E-state index contributed by atoms with van der Waals surface area (Å²) < 4.78 is 35.7. The molecule has 0 saturated heterocycles. The van der Waals surface area contributed by atoms with Crippen LogP contribution in [0.5, 0.6) is 5.75 Å². The third-order valence-electron chi connectivity index (χ3n) is 4.02. The predicted molar refractivity (Wildman–Crippen MR) is 93.1 cm³/mol. The number of ether oxygens (including phenoxy) is 1. The Balaban J connectivity index is 1.70. The van der Waals surface area contributed by atoms with Gasteiger partial charge < -0.3 is 9.64 Å². The number of likely N-dealkylation sites (N-methyl/N-ethyl adjacent to an activating group) is 1. The fourth-order valence-electron chi connectivity index (χ4n) is 2.70. The first-order valence-electron chi connectivity index (χ1n) is 7.96. The van der Waals surface area contributed by atoms with Crippen LogP contribution >= 0.6 is 0 Å².